The Labute approximate surface area is 142 Å². The van der Waals surface area contributed by atoms with Gasteiger partial charge in [0.05, 0.1) is 4.91 Å². The summed E-state index contributed by atoms with van der Waals surface area (Å²) < 4.78 is 1.90. The second-order valence-corrected chi connectivity index (χ2v) is 6.30. The van der Waals surface area contributed by atoms with Crippen LogP contribution in [0.25, 0.3) is 11.8 Å². The molecule has 122 valence electrons. The topological polar surface area (TPSA) is 79.6 Å². The zero-order chi connectivity index (χ0) is 17.3. The second-order valence-electron chi connectivity index (χ2n) is 5.30. The maximum Gasteiger partial charge on any atom is 0.323 e. The van der Waals surface area contributed by atoms with E-state index in [1.807, 2.05) is 54.1 Å². The number of hydrogen-bond acceptors (Lipinski definition) is 4. The van der Waals surface area contributed by atoms with Crippen molar-refractivity contribution in [3.8, 4) is 5.69 Å². The number of aromatic nitrogens is 1. The Balaban J connectivity index is 1.93. The summed E-state index contributed by atoms with van der Waals surface area (Å²) in [6.07, 6.45) is 3.47. The predicted molar refractivity (Wildman–Crippen MR) is 90.8 cm³/mol. The Bertz CT molecular complexity index is 869. The Kier molecular flexibility index (Phi) is 4.26. The van der Waals surface area contributed by atoms with Crippen LogP contribution in [0.2, 0.25) is 0 Å². The third kappa shape index (κ3) is 3.11. The van der Waals surface area contributed by atoms with Gasteiger partial charge in [-0.1, -0.05) is 12.1 Å². The molecule has 24 heavy (non-hydrogen) atoms. The summed E-state index contributed by atoms with van der Waals surface area (Å²) in [4.78, 5) is 35.8. The van der Waals surface area contributed by atoms with Gasteiger partial charge in [0.15, 0.2) is 0 Å². The Morgan fingerprint density at radius 1 is 1.25 bits per heavy atom. The summed E-state index contributed by atoms with van der Waals surface area (Å²) in [6, 6.07) is 11.6. The van der Waals surface area contributed by atoms with Crippen molar-refractivity contribution < 1.29 is 19.5 Å². The highest BCUT2D eigenvalue weighted by molar-refractivity contribution is 8.18. The quantitative estimate of drug-likeness (QED) is 0.864. The van der Waals surface area contributed by atoms with E-state index < -0.39 is 23.7 Å². The monoisotopic (exact) mass is 342 g/mol. The lowest BCUT2D eigenvalue weighted by atomic mass is 10.2. The van der Waals surface area contributed by atoms with Crippen molar-refractivity contribution in [2.45, 2.75) is 6.92 Å². The normalized spacial score (nSPS) is 16.2. The van der Waals surface area contributed by atoms with Gasteiger partial charge in [-0.25, -0.2) is 0 Å². The maximum absolute atomic E-state index is 12.2. The number of thioether (sulfide) groups is 1. The molecule has 1 aliphatic heterocycles. The van der Waals surface area contributed by atoms with Gasteiger partial charge in [0, 0.05) is 17.6 Å². The third-order valence-corrected chi connectivity index (χ3v) is 4.41. The smallest absolute Gasteiger partial charge is 0.323 e. The number of hydrogen-bond donors (Lipinski definition) is 1. The molecule has 2 aromatic rings. The van der Waals surface area contributed by atoms with E-state index in [1.165, 1.54) is 0 Å². The lowest BCUT2D eigenvalue weighted by Crippen LogP contribution is -2.33. The summed E-state index contributed by atoms with van der Waals surface area (Å²) >= 11 is 0.751. The highest BCUT2D eigenvalue weighted by Gasteiger charge is 2.36. The Morgan fingerprint density at radius 3 is 2.75 bits per heavy atom. The van der Waals surface area contributed by atoms with Gasteiger partial charge in [-0.2, -0.15) is 0 Å². The van der Waals surface area contributed by atoms with Crippen LogP contribution in [0.1, 0.15) is 11.3 Å². The molecule has 7 heteroatoms. The van der Waals surface area contributed by atoms with Crippen LogP contribution in [-0.2, 0) is 9.59 Å². The first-order valence-corrected chi connectivity index (χ1v) is 7.99. The van der Waals surface area contributed by atoms with Crippen LogP contribution < -0.4 is 0 Å². The average molecular weight is 342 g/mol. The summed E-state index contributed by atoms with van der Waals surface area (Å²) in [7, 11) is 0. The molecule has 1 N–H and O–H groups in total. The zero-order valence-electron chi connectivity index (χ0n) is 12.8. The number of carboxylic acids is 1. The first-order valence-electron chi connectivity index (χ1n) is 7.17. The first kappa shape index (κ1) is 16.1. The molecule has 1 aliphatic rings. The van der Waals surface area contributed by atoms with Crippen molar-refractivity contribution in [1.82, 2.24) is 9.47 Å². The summed E-state index contributed by atoms with van der Waals surface area (Å²) in [5, 5.41) is 8.22. The minimum atomic E-state index is -1.22. The van der Waals surface area contributed by atoms with Crippen molar-refractivity contribution in [2.24, 2.45) is 0 Å². The standard InChI is InChI=1S/C17H14N2O4S/c1-11-4-2-5-12(8-11)18-7-3-6-13(18)9-14-16(22)19(10-15(20)21)17(23)24-14/h2-9H,10H2,1H3,(H,20,21)/b14-9+. The molecule has 0 bridgehead atoms. The molecule has 2 amide bonds. The molecule has 0 radical (unpaired) electrons. The number of aryl methyl sites for hydroxylation is 1. The van der Waals surface area contributed by atoms with E-state index in [9.17, 15) is 14.4 Å². The highest BCUT2D eigenvalue weighted by atomic mass is 32.2. The van der Waals surface area contributed by atoms with E-state index in [0.717, 1.165) is 33.6 Å². The van der Waals surface area contributed by atoms with E-state index in [0.29, 0.717) is 0 Å². The minimum Gasteiger partial charge on any atom is -0.480 e. The number of aliphatic carboxylic acids is 1. The van der Waals surface area contributed by atoms with Gasteiger partial charge in [0.25, 0.3) is 11.1 Å². The van der Waals surface area contributed by atoms with Gasteiger partial charge in [-0.05, 0) is 54.6 Å². The van der Waals surface area contributed by atoms with Crippen LogP contribution in [-0.4, -0.2) is 38.2 Å². The average Bonchev–Trinajstić information content (AvgIpc) is 3.08. The summed E-state index contributed by atoms with van der Waals surface area (Å²) in [5.74, 6) is -1.80. The number of imide groups is 1. The van der Waals surface area contributed by atoms with E-state index in [2.05, 4.69) is 0 Å². The van der Waals surface area contributed by atoms with Crippen molar-refractivity contribution in [3.63, 3.8) is 0 Å². The van der Waals surface area contributed by atoms with E-state index >= 15 is 0 Å². The van der Waals surface area contributed by atoms with Gasteiger partial charge in [0.2, 0.25) is 0 Å². The fraction of sp³-hybridized carbons (Fsp3) is 0.118. The van der Waals surface area contributed by atoms with E-state index in [4.69, 9.17) is 5.11 Å². The number of carboxylic acid groups (broad SMARTS) is 1. The molecule has 0 atom stereocenters. The van der Waals surface area contributed by atoms with Crippen LogP contribution in [0.5, 0.6) is 0 Å². The number of benzene rings is 1. The molecule has 0 unspecified atom stereocenters. The van der Waals surface area contributed by atoms with Crippen LogP contribution >= 0.6 is 11.8 Å². The Morgan fingerprint density at radius 2 is 2.04 bits per heavy atom. The van der Waals surface area contributed by atoms with Crippen molar-refractivity contribution >= 4 is 35.0 Å². The summed E-state index contributed by atoms with van der Waals surface area (Å²) in [6.45, 7) is 1.37. The Hall–Kier alpha value is -2.80. The molecule has 1 aromatic carbocycles. The van der Waals surface area contributed by atoms with Gasteiger partial charge in [-0.15, -0.1) is 0 Å². The van der Waals surface area contributed by atoms with Crippen LogP contribution in [0.15, 0.2) is 47.5 Å². The molecule has 1 saturated heterocycles. The van der Waals surface area contributed by atoms with Crippen LogP contribution in [0, 0.1) is 6.92 Å². The summed E-state index contributed by atoms with van der Waals surface area (Å²) in [5.41, 5.74) is 2.78. The van der Waals surface area contributed by atoms with Crippen LogP contribution in [0.3, 0.4) is 0 Å². The predicted octanol–water partition coefficient (Wildman–Crippen LogP) is 2.91. The fourth-order valence-corrected chi connectivity index (χ4v) is 3.25. The molecule has 2 heterocycles. The molecule has 0 aliphatic carbocycles. The van der Waals surface area contributed by atoms with Crippen molar-refractivity contribution in [3.05, 3.63) is 58.8 Å². The molecule has 1 fully saturated rings. The van der Waals surface area contributed by atoms with E-state index in [1.54, 1.807) is 6.08 Å². The SMILES string of the molecule is Cc1cccc(-n2cccc2/C=C2/SC(=O)N(CC(=O)O)C2=O)c1. The maximum atomic E-state index is 12.2. The largest absolute Gasteiger partial charge is 0.480 e. The number of carbonyl (C=O) groups excluding carboxylic acids is 2. The zero-order valence-corrected chi connectivity index (χ0v) is 13.6. The van der Waals surface area contributed by atoms with Crippen LogP contribution in [0.4, 0.5) is 4.79 Å². The number of carbonyl (C=O) groups is 3. The van der Waals surface area contributed by atoms with Crippen molar-refractivity contribution in [1.29, 1.82) is 0 Å². The van der Waals surface area contributed by atoms with Gasteiger partial charge >= 0.3 is 5.97 Å². The molecule has 0 saturated carbocycles. The fourth-order valence-electron chi connectivity index (χ4n) is 2.43. The first-order chi connectivity index (χ1) is 11.5. The third-order valence-electron chi connectivity index (χ3n) is 3.51. The lowest BCUT2D eigenvalue weighted by molar-refractivity contribution is -0.140. The van der Waals surface area contributed by atoms with Gasteiger partial charge < -0.3 is 9.67 Å². The number of nitrogens with zero attached hydrogens (tertiary/aromatic N) is 2. The minimum absolute atomic E-state index is 0.217. The molecule has 0 spiro atoms. The molecule has 6 nitrogen and oxygen atoms in total. The second kappa shape index (κ2) is 6.37. The molecule has 3 rings (SSSR count). The van der Waals surface area contributed by atoms with Crippen molar-refractivity contribution in [2.75, 3.05) is 6.54 Å². The van der Waals surface area contributed by atoms with Gasteiger partial charge in [0.1, 0.15) is 6.54 Å². The van der Waals surface area contributed by atoms with E-state index in [-0.39, 0.29) is 4.91 Å². The van der Waals surface area contributed by atoms with Gasteiger partial charge in [-0.3, -0.25) is 19.3 Å². The number of rotatable bonds is 4. The molecular formula is C17H14N2O4S. The highest BCUT2D eigenvalue weighted by Crippen LogP contribution is 2.32. The molecule has 1 aromatic heterocycles. The molecular weight excluding hydrogens is 328 g/mol. The number of amides is 2. The lowest BCUT2D eigenvalue weighted by Gasteiger charge is -2.09.